The van der Waals surface area contributed by atoms with Crippen molar-refractivity contribution in [3.63, 3.8) is 0 Å². The van der Waals surface area contributed by atoms with E-state index in [0.29, 0.717) is 41.1 Å². The number of halogens is 4. The Morgan fingerprint density at radius 1 is 0.750 bits per heavy atom. The van der Waals surface area contributed by atoms with E-state index in [2.05, 4.69) is 6.08 Å². The summed E-state index contributed by atoms with van der Waals surface area (Å²) in [6.07, 6.45) is 12.6. The van der Waals surface area contributed by atoms with Crippen LogP contribution in [0.25, 0.3) is 5.57 Å². The van der Waals surface area contributed by atoms with Crippen LogP contribution in [0.4, 0.5) is 17.6 Å². The predicted octanol–water partition coefficient (Wildman–Crippen LogP) is 8.75. The van der Waals surface area contributed by atoms with Crippen molar-refractivity contribution in [3.05, 3.63) is 70.3 Å². The molecule has 1 heterocycles. The molecule has 40 heavy (non-hydrogen) atoms. The minimum Gasteiger partial charge on any atom is -0.505 e. The molecule has 2 saturated carbocycles. The second-order valence-corrected chi connectivity index (χ2v) is 12.3. The highest BCUT2D eigenvalue weighted by molar-refractivity contribution is 5.67. The van der Waals surface area contributed by atoms with Crippen LogP contribution in [0.3, 0.4) is 0 Å². The fourth-order valence-electron chi connectivity index (χ4n) is 7.32. The van der Waals surface area contributed by atoms with Gasteiger partial charge in [-0.2, -0.15) is 4.39 Å². The average Bonchev–Trinajstić information content (AvgIpc) is 3.83. The van der Waals surface area contributed by atoms with E-state index in [1.54, 1.807) is 12.1 Å². The van der Waals surface area contributed by atoms with Gasteiger partial charge in [0, 0.05) is 17.7 Å². The summed E-state index contributed by atoms with van der Waals surface area (Å²) in [5.74, 6) is -2.57. The molecule has 216 valence electrons. The van der Waals surface area contributed by atoms with Crippen LogP contribution in [0.15, 0.2) is 30.3 Å². The van der Waals surface area contributed by atoms with Crippen molar-refractivity contribution in [1.29, 1.82) is 0 Å². The van der Waals surface area contributed by atoms with Crippen molar-refractivity contribution in [2.75, 3.05) is 13.2 Å². The Hall–Kier alpha value is -2.38. The molecule has 1 aliphatic heterocycles. The Morgan fingerprint density at radius 3 is 2.12 bits per heavy atom. The van der Waals surface area contributed by atoms with Gasteiger partial charge in [-0.15, -0.1) is 0 Å². The van der Waals surface area contributed by atoms with Gasteiger partial charge in [-0.25, -0.2) is 13.2 Å². The quantitative estimate of drug-likeness (QED) is 0.273. The number of epoxide rings is 1. The van der Waals surface area contributed by atoms with E-state index in [-0.39, 0.29) is 18.1 Å². The third-order valence-corrected chi connectivity index (χ3v) is 9.92. The van der Waals surface area contributed by atoms with Crippen LogP contribution in [0.5, 0.6) is 5.75 Å². The van der Waals surface area contributed by atoms with Gasteiger partial charge in [-0.3, -0.25) is 0 Å². The van der Waals surface area contributed by atoms with Gasteiger partial charge < -0.3 is 14.6 Å². The minimum absolute atomic E-state index is 0.0148. The molecule has 0 aromatic heterocycles. The molecule has 1 saturated heterocycles. The molecule has 2 aromatic carbocycles. The second-order valence-electron chi connectivity index (χ2n) is 12.3. The number of phenols is 1. The molecule has 2 atom stereocenters. The number of hydrogen-bond donors (Lipinski definition) is 1. The lowest BCUT2D eigenvalue weighted by atomic mass is 9.72. The van der Waals surface area contributed by atoms with Gasteiger partial charge in [0.15, 0.2) is 23.2 Å². The Bertz CT molecular complexity index is 1240. The maximum Gasteiger partial charge on any atom is 0.200 e. The molecule has 4 aliphatic rings. The number of rotatable bonds is 7. The third-order valence-electron chi connectivity index (χ3n) is 9.92. The predicted molar refractivity (Wildman–Crippen MR) is 145 cm³/mol. The highest BCUT2D eigenvalue weighted by Crippen LogP contribution is 2.43. The second kappa shape index (κ2) is 11.8. The van der Waals surface area contributed by atoms with Crippen LogP contribution in [-0.2, 0) is 9.47 Å². The first-order chi connectivity index (χ1) is 19.4. The molecule has 3 nitrogen and oxygen atoms in total. The minimum atomic E-state index is -1.15. The van der Waals surface area contributed by atoms with Crippen LogP contribution >= 0.6 is 0 Å². The van der Waals surface area contributed by atoms with Crippen molar-refractivity contribution >= 4 is 5.57 Å². The zero-order chi connectivity index (χ0) is 27.8. The highest BCUT2D eigenvalue weighted by Gasteiger charge is 2.33. The maximum absolute atomic E-state index is 14.8. The molecule has 2 unspecified atom stereocenters. The lowest BCUT2D eigenvalue weighted by Crippen LogP contribution is -2.29. The monoisotopic (exact) mass is 558 g/mol. The Kier molecular flexibility index (Phi) is 8.23. The molecule has 0 amide bonds. The van der Waals surface area contributed by atoms with Crippen LogP contribution < -0.4 is 0 Å². The van der Waals surface area contributed by atoms with Gasteiger partial charge in [-0.05, 0) is 112 Å². The van der Waals surface area contributed by atoms with Gasteiger partial charge in [0.25, 0.3) is 0 Å². The maximum atomic E-state index is 14.8. The van der Waals surface area contributed by atoms with Crippen molar-refractivity contribution in [3.8, 4) is 5.75 Å². The smallest absolute Gasteiger partial charge is 0.200 e. The molecule has 0 spiro atoms. The van der Waals surface area contributed by atoms with E-state index in [1.165, 1.54) is 12.1 Å². The summed E-state index contributed by atoms with van der Waals surface area (Å²) in [4.78, 5) is 0. The average molecular weight is 559 g/mol. The van der Waals surface area contributed by atoms with E-state index in [1.807, 2.05) is 0 Å². The van der Waals surface area contributed by atoms with Gasteiger partial charge in [0.2, 0.25) is 5.82 Å². The number of phenolic OH excluding ortho intramolecular Hbond substituents is 1. The van der Waals surface area contributed by atoms with E-state index < -0.39 is 29.0 Å². The molecule has 7 heteroatoms. The molecule has 3 aliphatic carbocycles. The van der Waals surface area contributed by atoms with Crippen LogP contribution in [0.1, 0.15) is 99.3 Å². The fraction of sp³-hybridized carbons (Fsp3) is 0.576. The zero-order valence-corrected chi connectivity index (χ0v) is 22.8. The highest BCUT2D eigenvalue weighted by atomic mass is 19.2. The van der Waals surface area contributed by atoms with Gasteiger partial charge in [0.05, 0.1) is 12.7 Å². The molecular weight excluding hydrogens is 520 g/mol. The summed E-state index contributed by atoms with van der Waals surface area (Å²) in [5, 5.41) is 9.38. The molecule has 3 fully saturated rings. The number of hydrogen-bond acceptors (Lipinski definition) is 3. The molecular formula is C33H38F4O3. The Labute approximate surface area is 233 Å². The first kappa shape index (κ1) is 27.8. The molecule has 2 aromatic rings. The third kappa shape index (κ3) is 5.82. The van der Waals surface area contributed by atoms with Crippen LogP contribution in [0, 0.1) is 41.0 Å². The van der Waals surface area contributed by atoms with E-state index in [9.17, 15) is 22.7 Å². The van der Waals surface area contributed by atoms with Gasteiger partial charge in [0.1, 0.15) is 6.10 Å². The first-order valence-corrected chi connectivity index (χ1v) is 15.0. The topological polar surface area (TPSA) is 42.0 Å². The lowest BCUT2D eigenvalue weighted by Gasteiger charge is -2.36. The molecule has 0 radical (unpaired) electrons. The van der Waals surface area contributed by atoms with Gasteiger partial charge in [-0.1, -0.05) is 24.3 Å². The molecule has 0 bridgehead atoms. The largest absolute Gasteiger partial charge is 0.505 e. The number of aromatic hydroxyl groups is 1. The summed E-state index contributed by atoms with van der Waals surface area (Å²) in [7, 11) is 0. The summed E-state index contributed by atoms with van der Waals surface area (Å²) in [6.45, 7) is 1.18. The van der Waals surface area contributed by atoms with Crippen molar-refractivity contribution < 1.29 is 32.1 Å². The van der Waals surface area contributed by atoms with Gasteiger partial charge >= 0.3 is 0 Å². The summed E-state index contributed by atoms with van der Waals surface area (Å²) < 4.78 is 68.7. The standard InChI is InChI=1S/C33H38F4O3/c34-30-25(13-14-27(32(30)36)29-18-40-29)23-7-5-20(6-8-23)21-9-11-24(12-10-21)39-17-19-1-3-22(4-2-19)26-15-16-28(38)33(37)31(26)35/h7,13-16,19-22,24,29,38H,1-6,8-12,17-18H2. The van der Waals surface area contributed by atoms with Crippen LogP contribution in [-0.4, -0.2) is 24.4 Å². The van der Waals surface area contributed by atoms with Crippen molar-refractivity contribution in [2.24, 2.45) is 17.8 Å². The number of benzene rings is 2. The first-order valence-electron chi connectivity index (χ1n) is 15.0. The Morgan fingerprint density at radius 2 is 1.45 bits per heavy atom. The van der Waals surface area contributed by atoms with E-state index in [0.717, 1.165) is 82.8 Å². The summed E-state index contributed by atoms with van der Waals surface area (Å²) in [5.41, 5.74) is 2.01. The summed E-state index contributed by atoms with van der Waals surface area (Å²) in [6, 6.07) is 6.13. The molecule has 1 N–H and O–H groups in total. The summed E-state index contributed by atoms with van der Waals surface area (Å²) >= 11 is 0. The molecule has 6 rings (SSSR count). The number of allylic oxidation sites excluding steroid dienone is 2. The lowest BCUT2D eigenvalue weighted by molar-refractivity contribution is -0.0132. The fourth-order valence-corrected chi connectivity index (χ4v) is 7.32. The Balaban J connectivity index is 0.932. The van der Waals surface area contributed by atoms with Crippen molar-refractivity contribution in [1.82, 2.24) is 0 Å². The zero-order valence-electron chi connectivity index (χ0n) is 22.8. The number of ether oxygens (including phenoxy) is 2. The van der Waals surface area contributed by atoms with Crippen molar-refractivity contribution in [2.45, 2.75) is 88.8 Å². The van der Waals surface area contributed by atoms with Crippen LogP contribution in [0.2, 0.25) is 0 Å². The van der Waals surface area contributed by atoms with E-state index in [4.69, 9.17) is 9.47 Å². The normalized spacial score (nSPS) is 30.6. The SMILES string of the molecule is Oc1ccc(C2CCC(COC3CCC(C4CC=C(c5ccc(C6CO6)c(F)c5F)CC4)CC3)CC2)c(F)c1F. The van der Waals surface area contributed by atoms with E-state index >= 15 is 0 Å².